The third-order valence-corrected chi connectivity index (χ3v) is 5.01. The fourth-order valence-corrected chi connectivity index (χ4v) is 3.56. The van der Waals surface area contributed by atoms with Crippen LogP contribution < -0.4 is 0 Å². The predicted octanol–water partition coefficient (Wildman–Crippen LogP) is 6.22. The van der Waals surface area contributed by atoms with Crippen LogP contribution in [-0.4, -0.2) is 19.9 Å². The van der Waals surface area contributed by atoms with Crippen molar-refractivity contribution in [1.82, 2.24) is 19.9 Å². The third kappa shape index (κ3) is 3.64. The van der Waals surface area contributed by atoms with Gasteiger partial charge in [-0.2, -0.15) is 5.11 Å². The molecule has 6 nitrogen and oxygen atoms in total. The van der Waals surface area contributed by atoms with Gasteiger partial charge in [0.05, 0.1) is 22.2 Å². The second kappa shape index (κ2) is 7.52. The van der Waals surface area contributed by atoms with Crippen molar-refractivity contribution in [1.29, 1.82) is 0 Å². The summed E-state index contributed by atoms with van der Waals surface area (Å²) in [6.45, 7) is 0.330. The van der Waals surface area contributed by atoms with E-state index in [1.54, 1.807) is 0 Å². The van der Waals surface area contributed by atoms with Crippen LogP contribution in [0.2, 0.25) is 0 Å². The minimum atomic E-state index is 0.329. The summed E-state index contributed by atoms with van der Waals surface area (Å²) in [7, 11) is 0. The number of nitrogens with zero attached hydrogens (tertiary/aromatic N) is 5. The summed E-state index contributed by atoms with van der Waals surface area (Å²) >= 11 is 3.53. The van der Waals surface area contributed by atoms with E-state index in [-0.39, 0.29) is 0 Å². The zero-order chi connectivity index (χ0) is 19.6. The van der Waals surface area contributed by atoms with Crippen LogP contribution in [0.4, 0.5) is 5.95 Å². The highest BCUT2D eigenvalue weighted by molar-refractivity contribution is 9.10. The number of hydrogen-bond acceptors (Lipinski definition) is 5. The first-order valence-electron chi connectivity index (χ1n) is 9.10. The molecule has 0 bridgehead atoms. The topological polar surface area (TPSA) is 79.2 Å². The van der Waals surface area contributed by atoms with E-state index in [1.165, 1.54) is 0 Å². The normalized spacial score (nSPS) is 11.6. The van der Waals surface area contributed by atoms with Crippen LogP contribution in [0.5, 0.6) is 0 Å². The fourth-order valence-electron chi connectivity index (χ4n) is 3.20. The Kier molecular flexibility index (Phi) is 4.57. The molecule has 2 aromatic heterocycles. The van der Waals surface area contributed by atoms with Crippen molar-refractivity contribution < 1.29 is 0 Å². The Bertz CT molecular complexity index is 1310. The molecule has 0 saturated heterocycles. The molecule has 0 unspecified atom stereocenters. The van der Waals surface area contributed by atoms with Crippen molar-refractivity contribution in [3.8, 4) is 11.3 Å². The molecular formula is C22H15BrN6. The number of benzene rings is 3. The van der Waals surface area contributed by atoms with Gasteiger partial charge in [0.1, 0.15) is 12.4 Å². The van der Waals surface area contributed by atoms with Crippen LogP contribution in [0.3, 0.4) is 0 Å². The van der Waals surface area contributed by atoms with Gasteiger partial charge in [-0.25, -0.2) is 15.0 Å². The monoisotopic (exact) mass is 442 g/mol. The van der Waals surface area contributed by atoms with Crippen LogP contribution in [0.15, 0.2) is 87.5 Å². The number of para-hydroxylation sites is 2. The molecule has 0 fully saturated rings. The second-order valence-corrected chi connectivity index (χ2v) is 7.42. The van der Waals surface area contributed by atoms with E-state index < -0.39 is 0 Å². The number of H-pyrrole nitrogens is 1. The number of aromatic nitrogens is 4. The summed E-state index contributed by atoms with van der Waals surface area (Å²) in [4.78, 5) is 17.0. The molecule has 2 heterocycles. The molecule has 5 rings (SSSR count). The smallest absolute Gasteiger partial charge is 0.269 e. The lowest BCUT2D eigenvalue weighted by Gasteiger charge is -2.07. The van der Waals surface area contributed by atoms with Crippen molar-refractivity contribution in [3.63, 3.8) is 0 Å². The molecule has 1 N–H and O–H groups in total. The van der Waals surface area contributed by atoms with Crippen LogP contribution in [0, 0.1) is 0 Å². The Morgan fingerprint density at radius 2 is 1.66 bits per heavy atom. The van der Waals surface area contributed by atoms with Gasteiger partial charge in [-0.05, 0) is 30.3 Å². The highest BCUT2D eigenvalue weighted by atomic mass is 79.9. The summed E-state index contributed by atoms with van der Waals surface area (Å²) < 4.78 is 0.977. The number of hydrogen-bond donors (Lipinski definition) is 1. The predicted molar refractivity (Wildman–Crippen MR) is 117 cm³/mol. The van der Waals surface area contributed by atoms with Crippen molar-refractivity contribution in [2.75, 3.05) is 0 Å². The lowest BCUT2D eigenvalue weighted by Crippen LogP contribution is -1.91. The van der Waals surface area contributed by atoms with Crippen LogP contribution >= 0.6 is 15.9 Å². The summed E-state index contributed by atoms with van der Waals surface area (Å²) in [5.74, 6) is 1.08. The van der Waals surface area contributed by atoms with Gasteiger partial charge in [-0.15, -0.1) is 5.11 Å². The molecule has 0 aliphatic heterocycles. The van der Waals surface area contributed by atoms with Crippen LogP contribution in [0.25, 0.3) is 33.2 Å². The Balaban J connectivity index is 1.51. The van der Waals surface area contributed by atoms with E-state index in [4.69, 9.17) is 0 Å². The number of rotatable bonds is 4. The van der Waals surface area contributed by atoms with Gasteiger partial charge in [0, 0.05) is 15.4 Å². The largest absolute Gasteiger partial charge is 0.340 e. The number of imidazole rings is 1. The van der Waals surface area contributed by atoms with Crippen LogP contribution in [-0.2, 0) is 6.54 Å². The van der Waals surface area contributed by atoms with Gasteiger partial charge in [0.15, 0.2) is 0 Å². The molecule has 0 saturated carbocycles. The summed E-state index contributed by atoms with van der Waals surface area (Å²) in [6.07, 6.45) is 0. The highest BCUT2D eigenvalue weighted by Gasteiger charge is 2.10. The first-order chi connectivity index (χ1) is 14.3. The van der Waals surface area contributed by atoms with E-state index in [1.807, 2.05) is 72.8 Å². The number of azo groups is 1. The molecule has 0 amide bonds. The molecule has 0 atom stereocenters. The lowest BCUT2D eigenvalue weighted by molar-refractivity contribution is 0.877. The van der Waals surface area contributed by atoms with E-state index in [0.29, 0.717) is 12.5 Å². The maximum absolute atomic E-state index is 4.66. The standard InChI is InChI=1S/C22H15BrN6/c23-15-10-11-17-16(12-15)21(14-6-2-1-3-7-14)28-22(27-17)29-24-13-20-25-18-8-4-5-9-19(18)26-20/h1-12H,13H2,(H,25,26). The van der Waals surface area contributed by atoms with Crippen molar-refractivity contribution in [2.45, 2.75) is 6.54 Å². The fraction of sp³-hybridized carbons (Fsp3) is 0.0455. The second-order valence-electron chi connectivity index (χ2n) is 6.50. The molecule has 7 heteroatoms. The van der Waals surface area contributed by atoms with Gasteiger partial charge in [-0.1, -0.05) is 58.4 Å². The Labute approximate surface area is 174 Å². The molecule has 0 aliphatic rings. The Morgan fingerprint density at radius 1 is 0.828 bits per heavy atom. The molecule has 0 spiro atoms. The van der Waals surface area contributed by atoms with E-state index in [2.05, 4.69) is 46.1 Å². The molecule has 5 aromatic rings. The summed E-state index contributed by atoms with van der Waals surface area (Å²) in [6, 6.07) is 23.8. The summed E-state index contributed by atoms with van der Waals surface area (Å²) in [5.41, 5.74) is 4.55. The Hall–Kier alpha value is -3.45. The number of aromatic amines is 1. The third-order valence-electron chi connectivity index (χ3n) is 4.51. The molecular weight excluding hydrogens is 428 g/mol. The zero-order valence-electron chi connectivity index (χ0n) is 15.2. The quantitative estimate of drug-likeness (QED) is 0.335. The molecule has 140 valence electrons. The van der Waals surface area contributed by atoms with Gasteiger partial charge < -0.3 is 4.98 Å². The van der Waals surface area contributed by atoms with Gasteiger partial charge in [0.25, 0.3) is 5.95 Å². The minimum absolute atomic E-state index is 0.329. The average Bonchev–Trinajstić information content (AvgIpc) is 3.17. The van der Waals surface area contributed by atoms with Crippen molar-refractivity contribution in [3.05, 3.63) is 83.1 Å². The van der Waals surface area contributed by atoms with E-state index in [9.17, 15) is 0 Å². The van der Waals surface area contributed by atoms with Gasteiger partial charge >= 0.3 is 0 Å². The molecule has 29 heavy (non-hydrogen) atoms. The SMILES string of the molecule is Brc1ccc2nc(N=NCc3nc4ccccc4[nH]3)nc(-c3ccccc3)c2c1. The number of nitrogens with one attached hydrogen (secondary N) is 1. The van der Waals surface area contributed by atoms with Crippen LogP contribution in [0.1, 0.15) is 5.82 Å². The summed E-state index contributed by atoms with van der Waals surface area (Å²) in [5, 5.41) is 9.48. The van der Waals surface area contributed by atoms with Crippen molar-refractivity contribution in [2.24, 2.45) is 10.2 Å². The first kappa shape index (κ1) is 17.6. The maximum atomic E-state index is 4.66. The van der Waals surface area contributed by atoms with Crippen molar-refractivity contribution >= 4 is 43.8 Å². The minimum Gasteiger partial charge on any atom is -0.340 e. The lowest BCUT2D eigenvalue weighted by atomic mass is 10.1. The number of fused-ring (bicyclic) bond motifs is 2. The van der Waals surface area contributed by atoms with Gasteiger partial charge in [-0.3, -0.25) is 0 Å². The highest BCUT2D eigenvalue weighted by Crippen LogP contribution is 2.30. The average molecular weight is 443 g/mol. The molecule has 0 radical (unpaired) electrons. The zero-order valence-corrected chi connectivity index (χ0v) is 16.8. The van der Waals surface area contributed by atoms with Gasteiger partial charge in [0.2, 0.25) is 0 Å². The van der Waals surface area contributed by atoms with E-state index >= 15 is 0 Å². The molecule has 3 aromatic carbocycles. The molecule has 0 aliphatic carbocycles. The van der Waals surface area contributed by atoms with E-state index in [0.717, 1.165) is 43.5 Å². The Morgan fingerprint density at radius 3 is 2.52 bits per heavy atom. The maximum Gasteiger partial charge on any atom is 0.269 e. The first-order valence-corrected chi connectivity index (χ1v) is 9.89. The number of halogens is 1.